The van der Waals surface area contributed by atoms with Crippen LogP contribution < -0.4 is 9.47 Å². The Labute approximate surface area is 192 Å². The van der Waals surface area contributed by atoms with E-state index < -0.39 is 0 Å². The number of benzene rings is 2. The lowest BCUT2D eigenvalue weighted by Gasteiger charge is -2.20. The first-order valence-electron chi connectivity index (χ1n) is 11.1. The molecule has 0 spiro atoms. The van der Waals surface area contributed by atoms with Crippen LogP contribution in [0.1, 0.15) is 35.8 Å². The van der Waals surface area contributed by atoms with Gasteiger partial charge in [0.15, 0.2) is 17.1 Å². The minimum Gasteiger partial charge on any atom is -0.486 e. The summed E-state index contributed by atoms with van der Waals surface area (Å²) in [5.41, 5.74) is 3.89. The lowest BCUT2D eigenvalue weighted by Crippen LogP contribution is -2.26. The van der Waals surface area contributed by atoms with Crippen molar-refractivity contribution < 1.29 is 14.3 Å². The molecule has 5 rings (SSSR count). The van der Waals surface area contributed by atoms with Gasteiger partial charge in [-0.1, -0.05) is 30.3 Å². The number of amides is 1. The van der Waals surface area contributed by atoms with Crippen molar-refractivity contribution in [3.05, 3.63) is 71.9 Å². The second kappa shape index (κ2) is 8.58. The number of ether oxygens (including phenoxy) is 2. The number of rotatable bonds is 5. The first-order valence-corrected chi connectivity index (χ1v) is 11.1. The standard InChI is InChI=1S/C26H26N4O3/c1-17(2)30-25-21(15-27-30)20(26(31)29(3)16-18-7-5-4-6-8-18)14-22(28-25)19-9-10-23-24(13-19)33-12-11-32-23/h4-10,13-15,17H,11-12,16H2,1-3H3. The van der Waals surface area contributed by atoms with Crippen LogP contribution in [0.2, 0.25) is 0 Å². The molecule has 33 heavy (non-hydrogen) atoms. The highest BCUT2D eigenvalue weighted by Crippen LogP contribution is 2.35. The van der Waals surface area contributed by atoms with E-state index in [0.717, 1.165) is 22.3 Å². The van der Waals surface area contributed by atoms with Crippen LogP contribution in [0.15, 0.2) is 60.8 Å². The van der Waals surface area contributed by atoms with Crippen LogP contribution >= 0.6 is 0 Å². The third-order valence-electron chi connectivity index (χ3n) is 5.73. The summed E-state index contributed by atoms with van der Waals surface area (Å²) in [6.07, 6.45) is 1.74. The minimum absolute atomic E-state index is 0.0756. The van der Waals surface area contributed by atoms with Crippen LogP contribution in [-0.2, 0) is 6.54 Å². The lowest BCUT2D eigenvalue weighted by molar-refractivity contribution is 0.0787. The molecule has 1 amide bonds. The van der Waals surface area contributed by atoms with Gasteiger partial charge in [0.05, 0.1) is 22.8 Å². The van der Waals surface area contributed by atoms with Crippen molar-refractivity contribution in [3.63, 3.8) is 0 Å². The molecule has 7 nitrogen and oxygen atoms in total. The fraction of sp³-hybridized carbons (Fsp3) is 0.269. The topological polar surface area (TPSA) is 69.5 Å². The third kappa shape index (κ3) is 4.02. The molecule has 0 saturated carbocycles. The summed E-state index contributed by atoms with van der Waals surface area (Å²) in [5, 5.41) is 5.27. The van der Waals surface area contributed by atoms with Crippen LogP contribution in [0.3, 0.4) is 0 Å². The molecule has 0 aliphatic carbocycles. The Hall–Kier alpha value is -3.87. The highest BCUT2D eigenvalue weighted by atomic mass is 16.6. The fourth-order valence-electron chi connectivity index (χ4n) is 4.06. The van der Waals surface area contributed by atoms with Crippen molar-refractivity contribution in [2.24, 2.45) is 0 Å². The molecule has 0 saturated heterocycles. The average Bonchev–Trinajstić information content (AvgIpc) is 3.28. The number of fused-ring (bicyclic) bond motifs is 2. The predicted molar refractivity (Wildman–Crippen MR) is 127 cm³/mol. The van der Waals surface area contributed by atoms with Crippen LogP contribution in [0.5, 0.6) is 11.5 Å². The number of nitrogens with zero attached hydrogens (tertiary/aromatic N) is 4. The summed E-state index contributed by atoms with van der Waals surface area (Å²) in [6.45, 7) is 5.66. The summed E-state index contributed by atoms with van der Waals surface area (Å²) in [7, 11) is 1.82. The zero-order valence-electron chi connectivity index (χ0n) is 19.0. The van der Waals surface area contributed by atoms with Gasteiger partial charge in [-0.3, -0.25) is 4.79 Å². The van der Waals surface area contributed by atoms with Gasteiger partial charge in [0.25, 0.3) is 5.91 Å². The molecule has 1 aliphatic rings. The summed E-state index contributed by atoms with van der Waals surface area (Å²) >= 11 is 0. The molecule has 2 aromatic heterocycles. The van der Waals surface area contributed by atoms with Gasteiger partial charge in [-0.25, -0.2) is 9.67 Å². The maximum atomic E-state index is 13.6. The molecular formula is C26H26N4O3. The van der Waals surface area contributed by atoms with Gasteiger partial charge in [-0.15, -0.1) is 0 Å². The Morgan fingerprint density at radius 3 is 2.58 bits per heavy atom. The first-order chi connectivity index (χ1) is 16.0. The monoisotopic (exact) mass is 442 g/mol. The van der Waals surface area contributed by atoms with E-state index in [4.69, 9.17) is 14.5 Å². The molecule has 0 radical (unpaired) electrons. The maximum absolute atomic E-state index is 13.6. The van der Waals surface area contributed by atoms with E-state index in [-0.39, 0.29) is 11.9 Å². The summed E-state index contributed by atoms with van der Waals surface area (Å²) < 4.78 is 13.3. The van der Waals surface area contributed by atoms with E-state index >= 15 is 0 Å². The van der Waals surface area contributed by atoms with Gasteiger partial charge >= 0.3 is 0 Å². The van der Waals surface area contributed by atoms with E-state index in [1.165, 1.54) is 0 Å². The van der Waals surface area contributed by atoms with Gasteiger partial charge < -0.3 is 14.4 Å². The van der Waals surface area contributed by atoms with E-state index in [9.17, 15) is 4.79 Å². The molecular weight excluding hydrogens is 416 g/mol. The normalized spacial score (nSPS) is 12.8. The van der Waals surface area contributed by atoms with Crippen molar-refractivity contribution in [3.8, 4) is 22.8 Å². The summed E-state index contributed by atoms with van der Waals surface area (Å²) in [6, 6.07) is 17.7. The zero-order valence-corrected chi connectivity index (χ0v) is 19.0. The van der Waals surface area contributed by atoms with Crippen molar-refractivity contribution in [2.75, 3.05) is 20.3 Å². The van der Waals surface area contributed by atoms with Gasteiger partial charge in [0, 0.05) is 25.2 Å². The van der Waals surface area contributed by atoms with E-state index in [2.05, 4.69) is 5.10 Å². The molecule has 3 heterocycles. The van der Waals surface area contributed by atoms with Crippen molar-refractivity contribution in [1.82, 2.24) is 19.7 Å². The summed E-state index contributed by atoms with van der Waals surface area (Å²) in [5.74, 6) is 1.33. The molecule has 0 fully saturated rings. The SMILES string of the molecule is CC(C)n1ncc2c(C(=O)N(C)Cc3ccccc3)cc(-c3ccc4c(c3)OCCO4)nc21. The number of carbonyl (C=O) groups excluding carboxylic acids is 1. The van der Waals surface area contributed by atoms with Gasteiger partial charge in [0.1, 0.15) is 13.2 Å². The third-order valence-corrected chi connectivity index (χ3v) is 5.73. The van der Waals surface area contributed by atoms with Crippen LogP contribution in [0, 0.1) is 0 Å². The molecule has 7 heteroatoms. The predicted octanol–water partition coefficient (Wildman–Crippen LogP) is 4.72. The average molecular weight is 443 g/mol. The van der Waals surface area contributed by atoms with Crippen LogP contribution in [0.4, 0.5) is 0 Å². The van der Waals surface area contributed by atoms with Crippen molar-refractivity contribution in [1.29, 1.82) is 0 Å². The molecule has 2 aromatic carbocycles. The lowest BCUT2D eigenvalue weighted by atomic mass is 10.0. The molecule has 0 bridgehead atoms. The molecule has 4 aromatic rings. The van der Waals surface area contributed by atoms with E-state index in [1.807, 2.05) is 80.2 Å². The molecule has 1 aliphatic heterocycles. The number of hydrogen-bond donors (Lipinski definition) is 0. The zero-order chi connectivity index (χ0) is 22.9. The Morgan fingerprint density at radius 1 is 1.06 bits per heavy atom. The van der Waals surface area contributed by atoms with Gasteiger partial charge in [0.2, 0.25) is 0 Å². The number of carbonyl (C=O) groups is 1. The minimum atomic E-state index is -0.0756. The Balaban J connectivity index is 1.60. The summed E-state index contributed by atoms with van der Waals surface area (Å²) in [4.78, 5) is 20.2. The maximum Gasteiger partial charge on any atom is 0.254 e. The molecule has 0 unspecified atom stereocenters. The van der Waals surface area contributed by atoms with E-state index in [1.54, 1.807) is 11.1 Å². The van der Waals surface area contributed by atoms with Gasteiger partial charge in [-0.05, 0) is 43.7 Å². The highest BCUT2D eigenvalue weighted by Gasteiger charge is 2.22. The van der Waals surface area contributed by atoms with Crippen LogP contribution in [0.25, 0.3) is 22.3 Å². The smallest absolute Gasteiger partial charge is 0.254 e. The number of pyridine rings is 1. The Kier molecular flexibility index (Phi) is 5.46. The second-order valence-electron chi connectivity index (χ2n) is 8.48. The molecule has 0 N–H and O–H groups in total. The van der Waals surface area contributed by atoms with Crippen molar-refractivity contribution in [2.45, 2.75) is 26.4 Å². The Bertz CT molecular complexity index is 1310. The Morgan fingerprint density at radius 2 is 1.82 bits per heavy atom. The van der Waals surface area contributed by atoms with Crippen molar-refractivity contribution >= 4 is 16.9 Å². The highest BCUT2D eigenvalue weighted by molar-refractivity contribution is 6.06. The number of aromatic nitrogens is 3. The largest absolute Gasteiger partial charge is 0.486 e. The fourth-order valence-corrected chi connectivity index (χ4v) is 4.06. The molecule has 0 atom stereocenters. The number of hydrogen-bond acceptors (Lipinski definition) is 5. The molecule has 168 valence electrons. The van der Waals surface area contributed by atoms with Crippen LogP contribution in [-0.4, -0.2) is 45.8 Å². The quantitative estimate of drug-likeness (QED) is 0.447. The second-order valence-corrected chi connectivity index (χ2v) is 8.48. The first kappa shape index (κ1) is 21.0. The van der Waals surface area contributed by atoms with Gasteiger partial charge in [-0.2, -0.15) is 5.10 Å². The van der Waals surface area contributed by atoms with E-state index in [0.29, 0.717) is 42.4 Å².